The highest BCUT2D eigenvalue weighted by Crippen LogP contribution is 2.07. The van der Waals surface area contributed by atoms with Gasteiger partial charge in [-0.15, -0.1) is 0 Å². The summed E-state index contributed by atoms with van der Waals surface area (Å²) in [5.74, 6) is 0. The van der Waals surface area contributed by atoms with Crippen molar-refractivity contribution >= 4 is 0 Å². The van der Waals surface area contributed by atoms with Crippen LogP contribution in [0.15, 0.2) is 0 Å². The Morgan fingerprint density at radius 1 is 0.419 bits per heavy atom. The molecule has 0 bridgehead atoms. The quantitative estimate of drug-likeness (QED) is 0.300. The summed E-state index contributed by atoms with van der Waals surface area (Å²) in [6.45, 7) is 18.6. The molecule has 0 aromatic carbocycles. The first-order valence-electron chi connectivity index (χ1n) is 13.0. The Morgan fingerprint density at radius 3 is 1.00 bits per heavy atom. The molecule has 0 radical (unpaired) electrons. The van der Waals surface area contributed by atoms with Crippen molar-refractivity contribution in [1.82, 2.24) is 19.6 Å². The minimum Gasteiger partial charge on any atom is -0.379 e. The summed E-state index contributed by atoms with van der Waals surface area (Å²) in [7, 11) is 0. The van der Waals surface area contributed by atoms with Crippen LogP contribution in [0.2, 0.25) is 0 Å². The third-order valence-electron chi connectivity index (χ3n) is 6.91. The predicted molar refractivity (Wildman–Crippen MR) is 126 cm³/mol. The lowest BCUT2D eigenvalue weighted by atomic mass is 10.4. The van der Waals surface area contributed by atoms with Crippen molar-refractivity contribution in [2.45, 2.75) is 38.5 Å². The smallest absolute Gasteiger partial charge is 0.0594 e. The van der Waals surface area contributed by atoms with Crippen LogP contribution >= 0.6 is 0 Å². The second kappa shape index (κ2) is 16.4. The zero-order valence-corrected chi connectivity index (χ0v) is 20.0. The maximum atomic E-state index is 5.94. The maximum absolute atomic E-state index is 5.94. The molecule has 31 heavy (non-hydrogen) atoms. The van der Waals surface area contributed by atoms with Gasteiger partial charge in [-0.25, -0.2) is 0 Å². The van der Waals surface area contributed by atoms with Gasteiger partial charge in [-0.2, -0.15) is 0 Å². The van der Waals surface area contributed by atoms with E-state index in [1.807, 2.05) is 0 Å². The van der Waals surface area contributed by atoms with E-state index in [-0.39, 0.29) is 0 Å². The summed E-state index contributed by atoms with van der Waals surface area (Å²) in [4.78, 5) is 9.99. The number of hydrogen-bond acceptors (Lipinski definition) is 7. The minimum absolute atomic E-state index is 0.801. The first-order chi connectivity index (χ1) is 15.4. The Kier molecular flexibility index (Phi) is 13.4. The average Bonchev–Trinajstić information content (AvgIpc) is 3.56. The van der Waals surface area contributed by atoms with Crippen molar-refractivity contribution in [3.05, 3.63) is 0 Å². The summed E-state index contributed by atoms with van der Waals surface area (Å²) < 4.78 is 17.8. The molecule has 3 rings (SSSR count). The Morgan fingerprint density at radius 2 is 0.710 bits per heavy atom. The molecule has 0 N–H and O–H groups in total. The van der Waals surface area contributed by atoms with E-state index in [1.54, 1.807) is 0 Å². The Bertz CT molecular complexity index is 363. The monoisotopic (exact) mass is 440 g/mol. The van der Waals surface area contributed by atoms with Crippen molar-refractivity contribution in [1.29, 1.82) is 0 Å². The summed E-state index contributed by atoms with van der Waals surface area (Å²) in [5.41, 5.74) is 0. The van der Waals surface area contributed by atoms with Gasteiger partial charge in [-0.05, 0) is 77.8 Å². The largest absolute Gasteiger partial charge is 0.379 e. The third-order valence-corrected chi connectivity index (χ3v) is 6.91. The molecule has 0 aliphatic carbocycles. The summed E-state index contributed by atoms with van der Waals surface area (Å²) in [6, 6.07) is 0. The van der Waals surface area contributed by atoms with Crippen LogP contribution < -0.4 is 0 Å². The zero-order chi connectivity index (χ0) is 21.4. The molecule has 0 aromatic heterocycles. The Hall–Kier alpha value is -0.280. The van der Waals surface area contributed by atoms with Gasteiger partial charge in [-0.3, -0.25) is 4.90 Å². The van der Waals surface area contributed by atoms with E-state index in [9.17, 15) is 0 Å². The molecule has 3 aliphatic heterocycles. The molecule has 0 aromatic rings. The van der Waals surface area contributed by atoms with Crippen LogP contribution in [-0.4, -0.2) is 138 Å². The predicted octanol–water partition coefficient (Wildman–Crippen LogP) is 1.63. The second-order valence-electron chi connectivity index (χ2n) is 9.33. The van der Waals surface area contributed by atoms with Crippen LogP contribution in [0.3, 0.4) is 0 Å². The Balaban J connectivity index is 1.22. The van der Waals surface area contributed by atoms with E-state index in [2.05, 4.69) is 19.6 Å². The van der Waals surface area contributed by atoms with Gasteiger partial charge in [0.2, 0.25) is 0 Å². The van der Waals surface area contributed by atoms with E-state index >= 15 is 0 Å². The number of nitrogens with zero attached hydrogens (tertiary/aromatic N) is 4. The minimum atomic E-state index is 0.801. The van der Waals surface area contributed by atoms with Crippen molar-refractivity contribution in [2.24, 2.45) is 0 Å². The molecule has 0 atom stereocenters. The summed E-state index contributed by atoms with van der Waals surface area (Å²) in [6.07, 6.45) is 8.10. The number of likely N-dealkylation sites (tertiary alicyclic amines) is 3. The highest BCUT2D eigenvalue weighted by molar-refractivity contribution is 4.67. The van der Waals surface area contributed by atoms with E-state index in [1.165, 1.54) is 77.8 Å². The molecule has 0 spiro atoms. The molecular weight excluding hydrogens is 392 g/mol. The molecule has 0 unspecified atom stereocenters. The van der Waals surface area contributed by atoms with Crippen LogP contribution in [0.1, 0.15) is 38.5 Å². The fourth-order valence-corrected chi connectivity index (χ4v) is 4.82. The summed E-state index contributed by atoms with van der Waals surface area (Å²) >= 11 is 0. The molecule has 3 heterocycles. The zero-order valence-electron chi connectivity index (χ0n) is 20.0. The van der Waals surface area contributed by atoms with Crippen molar-refractivity contribution in [3.63, 3.8) is 0 Å². The van der Waals surface area contributed by atoms with E-state index < -0.39 is 0 Å². The molecule has 3 aliphatic rings. The normalized spacial score (nSPS) is 21.2. The van der Waals surface area contributed by atoms with Gasteiger partial charge in [0.15, 0.2) is 0 Å². The summed E-state index contributed by atoms with van der Waals surface area (Å²) in [5, 5.41) is 0. The molecule has 3 fully saturated rings. The van der Waals surface area contributed by atoms with Gasteiger partial charge in [0.1, 0.15) is 0 Å². The van der Waals surface area contributed by atoms with Crippen molar-refractivity contribution < 1.29 is 14.2 Å². The average molecular weight is 441 g/mol. The van der Waals surface area contributed by atoms with Gasteiger partial charge in [-0.1, -0.05) is 0 Å². The van der Waals surface area contributed by atoms with Crippen LogP contribution in [-0.2, 0) is 14.2 Å². The third kappa shape index (κ3) is 11.4. The van der Waals surface area contributed by atoms with Crippen molar-refractivity contribution in [3.8, 4) is 0 Å². The highest BCUT2D eigenvalue weighted by atomic mass is 16.5. The first-order valence-corrected chi connectivity index (χ1v) is 13.0. The molecule has 0 amide bonds. The molecule has 182 valence electrons. The lowest BCUT2D eigenvalue weighted by Gasteiger charge is -2.23. The van der Waals surface area contributed by atoms with Crippen molar-refractivity contribution in [2.75, 3.05) is 118 Å². The second-order valence-corrected chi connectivity index (χ2v) is 9.33. The first kappa shape index (κ1) is 25.3. The van der Waals surface area contributed by atoms with E-state index in [0.29, 0.717) is 0 Å². The molecule has 7 heteroatoms. The van der Waals surface area contributed by atoms with Gasteiger partial charge >= 0.3 is 0 Å². The molecule has 0 saturated carbocycles. The maximum Gasteiger partial charge on any atom is 0.0594 e. The highest BCUT2D eigenvalue weighted by Gasteiger charge is 2.13. The topological polar surface area (TPSA) is 40.6 Å². The van der Waals surface area contributed by atoms with Crippen LogP contribution in [0.4, 0.5) is 0 Å². The lowest BCUT2D eigenvalue weighted by molar-refractivity contribution is 0.0427. The lowest BCUT2D eigenvalue weighted by Crippen LogP contribution is -2.35. The number of rotatable bonds is 18. The molecular formula is C24H48N4O3. The number of ether oxygens (including phenoxy) is 3. The SMILES string of the molecule is C1CCN(CCOCCN(CCOCCN2CCCC2)CCOCCN2CCCC2)C1. The van der Waals surface area contributed by atoms with Gasteiger partial charge in [0.25, 0.3) is 0 Å². The fraction of sp³-hybridized carbons (Fsp3) is 1.00. The molecule has 3 saturated heterocycles. The van der Waals surface area contributed by atoms with Gasteiger partial charge in [0.05, 0.1) is 39.6 Å². The van der Waals surface area contributed by atoms with Crippen LogP contribution in [0.5, 0.6) is 0 Å². The fourth-order valence-electron chi connectivity index (χ4n) is 4.82. The number of hydrogen-bond donors (Lipinski definition) is 0. The van der Waals surface area contributed by atoms with E-state index in [4.69, 9.17) is 14.2 Å². The van der Waals surface area contributed by atoms with E-state index in [0.717, 1.165) is 78.9 Å². The standard InChI is InChI=1S/C24H48N4O3/c1-2-8-25(7-1)13-19-29-22-16-28(17-23-30-20-14-26-9-3-4-10-26)18-24-31-21-15-27-11-5-6-12-27/h1-24H2. The van der Waals surface area contributed by atoms with Crippen LogP contribution in [0.25, 0.3) is 0 Å². The van der Waals surface area contributed by atoms with Crippen LogP contribution in [0, 0.1) is 0 Å². The molecule has 7 nitrogen and oxygen atoms in total. The van der Waals surface area contributed by atoms with Gasteiger partial charge < -0.3 is 28.9 Å². The Labute approximate surface area is 190 Å². The van der Waals surface area contributed by atoms with Gasteiger partial charge in [0, 0.05) is 39.3 Å².